The largest absolute Gasteiger partial charge is 0.480 e. The number of aromatic amines is 1. The number of nitrogens with two attached hydrogens (primary N) is 4. The van der Waals surface area contributed by atoms with Crippen molar-refractivity contribution >= 4 is 75.9 Å². The van der Waals surface area contributed by atoms with Crippen LogP contribution < -0.4 is 70.8 Å². The van der Waals surface area contributed by atoms with E-state index in [1.54, 1.807) is 58.2 Å². The Hall–Kier alpha value is -7.35. The summed E-state index contributed by atoms with van der Waals surface area (Å²) < 4.78 is 0. The average Bonchev–Trinajstić information content (AvgIpc) is 4.18. The number of likely N-dealkylation sites (tertiary alicyclic amines) is 1. The van der Waals surface area contributed by atoms with E-state index in [1.165, 1.54) is 18.7 Å². The van der Waals surface area contributed by atoms with E-state index in [0.29, 0.717) is 29.3 Å². The van der Waals surface area contributed by atoms with Gasteiger partial charge >= 0.3 is 5.97 Å². The number of fused-ring (bicyclic) bond motifs is 1. The van der Waals surface area contributed by atoms with Crippen molar-refractivity contribution in [3.05, 3.63) is 36.0 Å². The summed E-state index contributed by atoms with van der Waals surface area (Å²) in [6.45, 7) is 7.26. The molecular weight excluding hydrogens is 1060 g/mol. The van der Waals surface area contributed by atoms with Crippen LogP contribution in [0.1, 0.15) is 92.1 Å². The molecule has 30 heteroatoms. The van der Waals surface area contributed by atoms with Gasteiger partial charge in [-0.2, -0.15) is 0 Å². The number of carboxylic acid groups (broad SMARTS) is 1. The Morgan fingerprint density at radius 1 is 0.667 bits per heavy atom. The summed E-state index contributed by atoms with van der Waals surface area (Å²) in [5.74, 6) is -12.0. The maximum absolute atomic E-state index is 14.9. The number of aromatic nitrogens is 1. The van der Waals surface area contributed by atoms with Gasteiger partial charge in [-0.3, -0.25) is 53.3 Å². The summed E-state index contributed by atoms with van der Waals surface area (Å²) in [4.78, 5) is 152. The van der Waals surface area contributed by atoms with Crippen LogP contribution >= 0.6 is 0 Å². The minimum atomic E-state index is -1.79. The Morgan fingerprint density at radius 3 is 1.75 bits per heavy atom. The molecule has 3 rings (SSSR count). The van der Waals surface area contributed by atoms with Crippen molar-refractivity contribution in [1.82, 2.24) is 57.7 Å². The first-order chi connectivity index (χ1) is 38.2. The van der Waals surface area contributed by atoms with Gasteiger partial charge in [0.1, 0.15) is 60.7 Å². The molecule has 1 fully saturated rings. The minimum absolute atomic E-state index is 0.0323. The van der Waals surface area contributed by atoms with Crippen LogP contribution in [0.5, 0.6) is 0 Å². The van der Waals surface area contributed by atoms with Crippen LogP contribution in [0.3, 0.4) is 0 Å². The predicted molar refractivity (Wildman–Crippen MR) is 291 cm³/mol. The quantitative estimate of drug-likeness (QED) is 0.0229. The third-order valence-corrected chi connectivity index (χ3v) is 14.0. The number of benzene rings is 1. The van der Waals surface area contributed by atoms with Crippen LogP contribution in [-0.2, 0) is 59.2 Å². The molecule has 0 saturated carbocycles. The third kappa shape index (κ3) is 20.3. The highest BCUT2D eigenvalue weighted by Gasteiger charge is 2.42. The highest BCUT2D eigenvalue weighted by Crippen LogP contribution is 2.24. The second-order valence-electron chi connectivity index (χ2n) is 20.3. The maximum Gasteiger partial charge on any atom is 0.326 e. The van der Waals surface area contributed by atoms with Crippen molar-refractivity contribution in [3.8, 4) is 0 Å². The summed E-state index contributed by atoms with van der Waals surface area (Å²) in [5, 5.41) is 63.9. The number of aliphatic hydroxyl groups is 3. The van der Waals surface area contributed by atoms with Gasteiger partial charge in [0.2, 0.25) is 59.1 Å². The van der Waals surface area contributed by atoms with Crippen molar-refractivity contribution in [1.29, 1.82) is 0 Å². The number of H-pyrrole nitrogens is 1. The number of aliphatic hydroxyl groups excluding tert-OH is 3. The molecule has 0 spiro atoms. The molecule has 0 aliphatic carbocycles. The van der Waals surface area contributed by atoms with Gasteiger partial charge in [0.25, 0.3) is 0 Å². The van der Waals surface area contributed by atoms with E-state index in [0.717, 1.165) is 0 Å². The normalized spacial score (nSPS) is 17.7. The van der Waals surface area contributed by atoms with Crippen molar-refractivity contribution in [2.75, 3.05) is 26.3 Å². The number of carboxylic acids is 1. The zero-order valence-electron chi connectivity index (χ0n) is 46.5. The van der Waals surface area contributed by atoms with E-state index >= 15 is 0 Å². The highest BCUT2D eigenvalue weighted by molar-refractivity contribution is 6.00. The summed E-state index contributed by atoms with van der Waals surface area (Å²) in [6, 6.07) is -7.81. The number of carbonyl (C=O) groups excluding carboxylic acids is 10. The summed E-state index contributed by atoms with van der Waals surface area (Å²) in [6.07, 6.45) is -0.831. The molecule has 13 atom stereocenters. The van der Waals surface area contributed by atoms with Crippen LogP contribution in [0.15, 0.2) is 30.5 Å². The third-order valence-electron chi connectivity index (χ3n) is 14.0. The fourth-order valence-corrected chi connectivity index (χ4v) is 8.78. The van der Waals surface area contributed by atoms with Gasteiger partial charge in [-0.25, -0.2) is 4.79 Å². The molecule has 81 heavy (non-hydrogen) atoms. The number of nitrogens with one attached hydrogen (secondary N) is 10. The van der Waals surface area contributed by atoms with Gasteiger partial charge in [0, 0.05) is 30.1 Å². The van der Waals surface area contributed by atoms with E-state index in [-0.39, 0.29) is 45.2 Å². The van der Waals surface area contributed by atoms with Gasteiger partial charge in [-0.05, 0) is 69.5 Å². The molecule has 2 heterocycles. The molecule has 22 N–H and O–H groups in total. The molecule has 1 aromatic heterocycles. The highest BCUT2D eigenvalue weighted by atomic mass is 16.4. The van der Waals surface area contributed by atoms with Gasteiger partial charge in [-0.1, -0.05) is 58.7 Å². The first-order valence-electron chi connectivity index (χ1n) is 26.9. The molecule has 1 saturated heterocycles. The zero-order valence-corrected chi connectivity index (χ0v) is 46.5. The number of rotatable bonds is 34. The van der Waals surface area contributed by atoms with Crippen molar-refractivity contribution in [2.24, 2.45) is 34.8 Å². The molecule has 1 aromatic carbocycles. The number of hydrogen-bond donors (Lipinski definition) is 18. The molecule has 0 unspecified atom stereocenters. The Labute approximate surface area is 468 Å². The molecule has 0 bridgehead atoms. The Bertz CT molecular complexity index is 2510. The Morgan fingerprint density at radius 2 is 1.19 bits per heavy atom. The molecule has 1 aliphatic rings. The van der Waals surface area contributed by atoms with Crippen LogP contribution in [0.4, 0.5) is 0 Å². The zero-order chi connectivity index (χ0) is 60.8. The Balaban J connectivity index is 1.93. The summed E-state index contributed by atoms with van der Waals surface area (Å²) in [5.41, 5.74) is 23.4. The lowest BCUT2D eigenvalue weighted by Gasteiger charge is -2.31. The Kier molecular flexibility index (Phi) is 27.5. The SMILES string of the molecule is CC[C@H](C)[C@H](NC(=O)[C@@H](NC(=O)[C@H](CO)NC(=O)[C@@H](NC(=O)[C@@H]1CCCN1C(=O)[C@H](Cc1c[nH]c2ccccc12)NC(=O)[C@H](CCCNC(N)N)NC(=O)[C@H](CO)NC(=O)[C@H](CC(N)=O)NC(=O)[C@H](C)N)[C@@H](C)O)[C@@H](C)CC)C(=O)O. The van der Waals surface area contributed by atoms with Crippen molar-refractivity contribution in [2.45, 2.75) is 166 Å². The van der Waals surface area contributed by atoms with E-state index in [4.69, 9.17) is 22.9 Å². The van der Waals surface area contributed by atoms with Crippen LogP contribution in [0.25, 0.3) is 10.9 Å². The van der Waals surface area contributed by atoms with E-state index in [9.17, 15) is 73.2 Å². The molecule has 2 aromatic rings. The number of carbonyl (C=O) groups is 11. The summed E-state index contributed by atoms with van der Waals surface area (Å²) >= 11 is 0. The lowest BCUT2D eigenvalue weighted by atomic mass is 9.95. The topological polar surface area (TPSA) is 500 Å². The van der Waals surface area contributed by atoms with E-state index in [2.05, 4.69) is 52.8 Å². The average molecular weight is 1150 g/mol. The molecule has 10 amide bonds. The lowest BCUT2D eigenvalue weighted by Crippen LogP contribution is -2.62. The van der Waals surface area contributed by atoms with E-state index < -0.39 is 169 Å². The second-order valence-corrected chi connectivity index (χ2v) is 20.3. The number of amides is 10. The smallest absolute Gasteiger partial charge is 0.326 e. The molecule has 0 radical (unpaired) electrons. The fraction of sp³-hybridized carbons (Fsp3) is 0.627. The van der Waals surface area contributed by atoms with Crippen LogP contribution in [-0.4, -0.2) is 194 Å². The lowest BCUT2D eigenvalue weighted by molar-refractivity contribution is -0.144. The van der Waals surface area contributed by atoms with E-state index in [1.807, 2.05) is 0 Å². The van der Waals surface area contributed by atoms with Gasteiger partial charge < -0.3 is 95.8 Å². The van der Waals surface area contributed by atoms with Crippen molar-refractivity contribution < 1.29 is 73.2 Å². The first-order valence-corrected chi connectivity index (χ1v) is 26.9. The van der Waals surface area contributed by atoms with Crippen LogP contribution in [0, 0.1) is 11.8 Å². The standard InChI is InChI=1S/C51H83N15O15/c1-7-24(3)38(47(77)64-39(50(80)81)25(4)8-2)63-45(75)35(23-68)62-48(78)40(27(6)69)65-46(76)36-16-12-18-66(36)49(79)33(19-28-21-57-30-14-10-9-13-29(28)30)60-42(72)31(15-11-17-56-51(54)55)58-44(74)34(22-67)61-43(73)32(20-37(53)70)59-41(71)26(5)52/h9-10,13-14,21,24-27,31-36,38-40,51,56-57,67-69H,7-8,11-12,15-20,22-23,52,54-55H2,1-6H3,(H2,53,70)(H,58,74)(H,59,71)(H,60,72)(H,61,73)(H,62,78)(H,63,75)(H,64,77)(H,65,76)(H,80,81)/t24-,25-,26-,27+,31-,32-,33-,34-,35-,36-,38-,39-,40-/m0/s1. The molecule has 1 aliphatic heterocycles. The first kappa shape index (κ1) is 67.9. The van der Waals surface area contributed by atoms with Gasteiger partial charge in [0.15, 0.2) is 0 Å². The minimum Gasteiger partial charge on any atom is -0.480 e. The van der Waals surface area contributed by atoms with Crippen LogP contribution in [0.2, 0.25) is 0 Å². The molecule has 452 valence electrons. The molecule has 30 nitrogen and oxygen atoms in total. The monoisotopic (exact) mass is 1150 g/mol. The predicted octanol–water partition coefficient (Wildman–Crippen LogP) is -6.08. The number of primary amides is 1. The van der Waals surface area contributed by atoms with Gasteiger partial charge in [0.05, 0.1) is 31.8 Å². The van der Waals surface area contributed by atoms with Gasteiger partial charge in [-0.15, -0.1) is 0 Å². The molecular formula is C51H83N15O15. The summed E-state index contributed by atoms with van der Waals surface area (Å²) in [7, 11) is 0. The van der Waals surface area contributed by atoms with Crippen molar-refractivity contribution in [3.63, 3.8) is 0 Å². The second kappa shape index (κ2) is 32.8. The maximum atomic E-state index is 14.9. The number of aliphatic carboxylic acids is 1. The number of hydrogen-bond acceptors (Lipinski definition) is 18. The number of para-hydroxylation sites is 1. The fourth-order valence-electron chi connectivity index (χ4n) is 8.78. The number of nitrogens with zero attached hydrogens (tertiary/aromatic N) is 1.